The van der Waals surface area contributed by atoms with E-state index in [1.807, 2.05) is 0 Å². The van der Waals surface area contributed by atoms with E-state index in [4.69, 9.17) is 9.05 Å². The van der Waals surface area contributed by atoms with Crippen LogP contribution in [0.2, 0.25) is 0 Å². The molecule has 5 nitrogen and oxygen atoms in total. The summed E-state index contributed by atoms with van der Waals surface area (Å²) in [6.45, 7) is 15.2. The van der Waals surface area contributed by atoms with Crippen LogP contribution in [0.4, 0.5) is 0 Å². The van der Waals surface area contributed by atoms with Crippen molar-refractivity contribution in [2.75, 3.05) is 45.6 Å². The number of aliphatic hydroxyl groups is 1. The Morgan fingerprint density at radius 3 is 1.19 bits per heavy atom. The molecular formula is C41H86NO4P. The van der Waals surface area contributed by atoms with E-state index < -0.39 is 7.60 Å². The molecule has 0 bridgehead atoms. The third-order valence-corrected chi connectivity index (χ3v) is 12.0. The Morgan fingerprint density at radius 2 is 0.809 bits per heavy atom. The maximum absolute atomic E-state index is 14.5. The van der Waals surface area contributed by atoms with Gasteiger partial charge in [0.15, 0.2) is 0 Å². The van der Waals surface area contributed by atoms with Gasteiger partial charge in [0.1, 0.15) is 0 Å². The Balaban J connectivity index is 5.48. The molecule has 0 aliphatic carbocycles. The molecule has 284 valence electrons. The first-order valence-corrected chi connectivity index (χ1v) is 22.9. The van der Waals surface area contributed by atoms with Crippen molar-refractivity contribution in [1.29, 1.82) is 0 Å². The van der Waals surface area contributed by atoms with Gasteiger partial charge in [-0.1, -0.05) is 169 Å². The van der Waals surface area contributed by atoms with Crippen LogP contribution in [0.15, 0.2) is 0 Å². The van der Waals surface area contributed by atoms with Gasteiger partial charge in [-0.3, -0.25) is 4.57 Å². The smallest absolute Gasteiger partial charge is 0.330 e. The summed E-state index contributed by atoms with van der Waals surface area (Å²) in [5, 5.41) is 9.61. The number of hydrogen-bond donors (Lipinski definition) is 1. The molecule has 0 fully saturated rings. The zero-order chi connectivity index (χ0) is 34.7. The summed E-state index contributed by atoms with van der Waals surface area (Å²) >= 11 is 0. The summed E-state index contributed by atoms with van der Waals surface area (Å²) < 4.78 is 27.5. The topological polar surface area (TPSA) is 59.0 Å². The molecule has 47 heavy (non-hydrogen) atoms. The summed E-state index contributed by atoms with van der Waals surface area (Å²) in [6.07, 6.45) is 34.2. The third kappa shape index (κ3) is 30.6. The molecule has 0 saturated carbocycles. The van der Waals surface area contributed by atoms with E-state index >= 15 is 0 Å². The van der Waals surface area contributed by atoms with Crippen molar-refractivity contribution in [1.82, 2.24) is 4.90 Å². The van der Waals surface area contributed by atoms with Gasteiger partial charge in [-0.15, -0.1) is 0 Å². The molecule has 0 saturated heterocycles. The normalized spacial score (nSPS) is 14.5. The zero-order valence-corrected chi connectivity index (χ0v) is 33.7. The standard InChI is InChI=1S/C41H86NO4P/c1-6-11-16-20-22-26-31-40(29-24-18-13-8-3)38-45-47(44,37-28-34-42(35-36-43)33-15-10-5)46-39-41(30-25-19-14-9-4)32-27-23-21-17-12-7-2/h40-41,43H,6-39H2,1-5H3. The lowest BCUT2D eigenvalue weighted by Crippen LogP contribution is -2.29. The lowest BCUT2D eigenvalue weighted by Gasteiger charge is -2.26. The van der Waals surface area contributed by atoms with Gasteiger partial charge >= 0.3 is 7.60 Å². The molecule has 2 atom stereocenters. The fourth-order valence-corrected chi connectivity index (χ4v) is 8.46. The van der Waals surface area contributed by atoms with Crippen molar-refractivity contribution in [3.8, 4) is 0 Å². The van der Waals surface area contributed by atoms with Crippen LogP contribution in [0, 0.1) is 11.8 Å². The second kappa shape index (κ2) is 35.9. The van der Waals surface area contributed by atoms with Gasteiger partial charge in [-0.2, -0.15) is 0 Å². The molecule has 0 rings (SSSR count). The molecular weight excluding hydrogens is 601 g/mol. The molecule has 0 spiro atoms. The van der Waals surface area contributed by atoms with Gasteiger partial charge < -0.3 is 19.1 Å². The summed E-state index contributed by atoms with van der Waals surface area (Å²) in [5.41, 5.74) is 0. The minimum absolute atomic E-state index is 0.171. The predicted molar refractivity (Wildman–Crippen MR) is 208 cm³/mol. The highest BCUT2D eigenvalue weighted by molar-refractivity contribution is 7.53. The van der Waals surface area contributed by atoms with E-state index in [-0.39, 0.29) is 6.61 Å². The Morgan fingerprint density at radius 1 is 0.468 bits per heavy atom. The molecule has 0 radical (unpaired) electrons. The van der Waals surface area contributed by atoms with Gasteiger partial charge in [-0.05, 0) is 63.5 Å². The van der Waals surface area contributed by atoms with E-state index in [0.29, 0.717) is 37.8 Å². The predicted octanol–water partition coefficient (Wildman–Crippen LogP) is 13.4. The molecule has 0 aliphatic rings. The second-order valence-electron chi connectivity index (χ2n) is 14.7. The van der Waals surface area contributed by atoms with Crippen LogP contribution in [0.3, 0.4) is 0 Å². The van der Waals surface area contributed by atoms with Gasteiger partial charge in [-0.25, -0.2) is 0 Å². The van der Waals surface area contributed by atoms with Crippen molar-refractivity contribution in [3.63, 3.8) is 0 Å². The second-order valence-corrected chi connectivity index (χ2v) is 16.9. The van der Waals surface area contributed by atoms with Crippen molar-refractivity contribution < 1.29 is 18.7 Å². The van der Waals surface area contributed by atoms with E-state index in [2.05, 4.69) is 39.5 Å². The van der Waals surface area contributed by atoms with Crippen molar-refractivity contribution in [2.45, 2.75) is 208 Å². The van der Waals surface area contributed by atoms with Crippen molar-refractivity contribution in [3.05, 3.63) is 0 Å². The van der Waals surface area contributed by atoms with E-state index in [9.17, 15) is 9.67 Å². The molecule has 1 N–H and O–H groups in total. The first-order chi connectivity index (χ1) is 23.0. The van der Waals surface area contributed by atoms with Crippen LogP contribution in [-0.4, -0.2) is 55.6 Å². The van der Waals surface area contributed by atoms with E-state index in [1.165, 1.54) is 154 Å². The highest BCUT2D eigenvalue weighted by Gasteiger charge is 2.28. The Hall–Kier alpha value is 0.0700. The molecule has 0 aromatic carbocycles. The maximum atomic E-state index is 14.5. The van der Waals surface area contributed by atoms with Crippen LogP contribution < -0.4 is 0 Å². The Labute approximate surface area is 296 Å². The number of hydrogen-bond acceptors (Lipinski definition) is 5. The largest absolute Gasteiger partial charge is 0.395 e. The lowest BCUT2D eigenvalue weighted by atomic mass is 9.95. The number of unbranched alkanes of at least 4 members (excludes halogenated alkanes) is 17. The Bertz CT molecular complexity index is 623. The molecule has 2 unspecified atom stereocenters. The summed E-state index contributed by atoms with van der Waals surface area (Å²) in [7, 11) is -3.21. The first-order valence-electron chi connectivity index (χ1n) is 21.2. The molecule has 6 heteroatoms. The zero-order valence-electron chi connectivity index (χ0n) is 32.8. The van der Waals surface area contributed by atoms with Crippen LogP contribution in [-0.2, 0) is 13.6 Å². The van der Waals surface area contributed by atoms with Crippen LogP contribution >= 0.6 is 7.60 Å². The molecule has 0 heterocycles. The number of rotatable bonds is 39. The van der Waals surface area contributed by atoms with Crippen LogP contribution in [0.1, 0.15) is 208 Å². The molecule has 0 aliphatic heterocycles. The minimum atomic E-state index is -3.21. The average Bonchev–Trinajstić information content (AvgIpc) is 3.07. The maximum Gasteiger partial charge on any atom is 0.330 e. The van der Waals surface area contributed by atoms with E-state index in [1.54, 1.807) is 0 Å². The molecule has 0 aromatic heterocycles. The van der Waals surface area contributed by atoms with Gasteiger partial charge in [0.2, 0.25) is 0 Å². The minimum Gasteiger partial charge on any atom is -0.395 e. The first kappa shape index (κ1) is 47.1. The van der Waals surface area contributed by atoms with Crippen molar-refractivity contribution in [2.24, 2.45) is 11.8 Å². The van der Waals surface area contributed by atoms with Crippen molar-refractivity contribution >= 4 is 7.60 Å². The van der Waals surface area contributed by atoms with Gasteiger partial charge in [0, 0.05) is 6.54 Å². The summed E-state index contributed by atoms with van der Waals surface area (Å²) in [4.78, 5) is 2.32. The van der Waals surface area contributed by atoms with Gasteiger partial charge in [0.05, 0.1) is 26.0 Å². The SMILES string of the molecule is CCCCCCCCC(CCCCCC)COP(=O)(CCCN(CCO)CCCC)OCC(CCCCCC)CCCCCCCC. The quantitative estimate of drug-likeness (QED) is 0.0515. The van der Waals surface area contributed by atoms with E-state index in [0.717, 1.165) is 32.4 Å². The third-order valence-electron chi connectivity index (χ3n) is 10.0. The number of nitrogens with zero attached hydrogens (tertiary/aromatic N) is 1. The summed E-state index contributed by atoms with van der Waals surface area (Å²) in [5.74, 6) is 0.941. The Kier molecular flexibility index (Phi) is 35.9. The molecule has 0 aromatic rings. The van der Waals surface area contributed by atoms with Crippen LogP contribution in [0.5, 0.6) is 0 Å². The number of aliphatic hydroxyl groups excluding tert-OH is 1. The monoisotopic (exact) mass is 688 g/mol. The van der Waals surface area contributed by atoms with Gasteiger partial charge in [0.25, 0.3) is 0 Å². The fourth-order valence-electron chi connectivity index (χ4n) is 6.72. The fraction of sp³-hybridized carbons (Fsp3) is 1.00. The highest BCUT2D eigenvalue weighted by atomic mass is 31.2. The molecule has 0 amide bonds. The highest BCUT2D eigenvalue weighted by Crippen LogP contribution is 2.50. The van der Waals surface area contributed by atoms with Crippen LogP contribution in [0.25, 0.3) is 0 Å². The lowest BCUT2D eigenvalue weighted by molar-refractivity contribution is 0.144. The average molecular weight is 688 g/mol. The summed E-state index contributed by atoms with van der Waals surface area (Å²) in [6, 6.07) is 0.